The molecule has 0 bridgehead atoms. The number of benzene rings is 2. The van der Waals surface area contributed by atoms with E-state index in [0.717, 1.165) is 48.9 Å². The van der Waals surface area contributed by atoms with E-state index in [9.17, 15) is 4.79 Å². The maximum absolute atomic E-state index is 12.7. The Morgan fingerprint density at radius 3 is 2.39 bits per heavy atom. The van der Waals surface area contributed by atoms with Crippen molar-refractivity contribution in [1.82, 2.24) is 30.8 Å². The Morgan fingerprint density at radius 2 is 1.65 bits per heavy atom. The van der Waals surface area contributed by atoms with Gasteiger partial charge in [-0.3, -0.25) is 0 Å². The number of hydrogen-bond donors (Lipinski definition) is 2. The summed E-state index contributed by atoms with van der Waals surface area (Å²) in [6.45, 7) is 0. The van der Waals surface area contributed by atoms with Gasteiger partial charge in [0.1, 0.15) is 17.5 Å². The molecular formula is C23H20N6O2. The monoisotopic (exact) mass is 412 g/mol. The van der Waals surface area contributed by atoms with Gasteiger partial charge in [0, 0.05) is 11.1 Å². The second-order valence-corrected chi connectivity index (χ2v) is 8.11. The van der Waals surface area contributed by atoms with E-state index in [2.05, 4.69) is 61.2 Å². The summed E-state index contributed by atoms with van der Waals surface area (Å²) >= 11 is 0. The first kappa shape index (κ1) is 18.0. The van der Waals surface area contributed by atoms with Crippen LogP contribution in [0.2, 0.25) is 0 Å². The predicted octanol–water partition coefficient (Wildman–Crippen LogP) is 3.93. The van der Waals surface area contributed by atoms with Crippen molar-refractivity contribution in [2.45, 2.75) is 38.2 Å². The minimum absolute atomic E-state index is 0.00881. The SMILES string of the molecule is O=C(OC1CCCC1)c1n[nH]nc1-c1ccc2c(c1)Cc1cc(-c3cn[nH]n3)ccc1-2. The highest BCUT2D eigenvalue weighted by Gasteiger charge is 2.26. The van der Waals surface area contributed by atoms with Crippen LogP contribution < -0.4 is 0 Å². The van der Waals surface area contributed by atoms with Crippen LogP contribution >= 0.6 is 0 Å². The maximum atomic E-state index is 12.7. The quantitative estimate of drug-likeness (QED) is 0.433. The van der Waals surface area contributed by atoms with Gasteiger partial charge in [0.25, 0.3) is 0 Å². The molecule has 8 nitrogen and oxygen atoms in total. The molecule has 2 heterocycles. The van der Waals surface area contributed by atoms with Crippen molar-refractivity contribution >= 4 is 5.97 Å². The highest BCUT2D eigenvalue weighted by Crippen LogP contribution is 2.40. The second kappa shape index (κ2) is 7.16. The number of esters is 1. The van der Waals surface area contributed by atoms with Gasteiger partial charge < -0.3 is 4.74 Å². The summed E-state index contributed by atoms with van der Waals surface area (Å²) in [6, 6.07) is 12.5. The lowest BCUT2D eigenvalue weighted by Crippen LogP contribution is -2.15. The molecule has 0 amide bonds. The summed E-state index contributed by atoms with van der Waals surface area (Å²) in [4.78, 5) is 12.7. The van der Waals surface area contributed by atoms with Crippen molar-refractivity contribution in [2.75, 3.05) is 0 Å². The lowest BCUT2D eigenvalue weighted by Gasteiger charge is -2.10. The van der Waals surface area contributed by atoms with E-state index in [0.29, 0.717) is 5.69 Å². The average molecular weight is 412 g/mol. The Morgan fingerprint density at radius 1 is 0.903 bits per heavy atom. The summed E-state index contributed by atoms with van der Waals surface area (Å²) in [5.41, 5.74) is 8.35. The van der Waals surface area contributed by atoms with E-state index in [-0.39, 0.29) is 11.8 Å². The van der Waals surface area contributed by atoms with Crippen LogP contribution in [0, 0.1) is 0 Å². The van der Waals surface area contributed by atoms with E-state index in [4.69, 9.17) is 4.74 Å². The van der Waals surface area contributed by atoms with Crippen molar-refractivity contribution in [3.8, 4) is 33.6 Å². The number of carbonyl (C=O) groups is 1. The molecule has 0 saturated heterocycles. The number of fused-ring (bicyclic) bond motifs is 3. The lowest BCUT2D eigenvalue weighted by molar-refractivity contribution is 0.0312. The molecule has 0 aliphatic heterocycles. The van der Waals surface area contributed by atoms with Gasteiger partial charge >= 0.3 is 5.97 Å². The Bertz CT molecular complexity index is 1270. The number of aromatic nitrogens is 6. The van der Waals surface area contributed by atoms with Gasteiger partial charge in [0.2, 0.25) is 0 Å². The minimum atomic E-state index is -0.406. The number of nitrogens with zero attached hydrogens (tertiary/aromatic N) is 4. The molecule has 2 aliphatic carbocycles. The number of aromatic amines is 2. The van der Waals surface area contributed by atoms with Crippen LogP contribution in [0.4, 0.5) is 0 Å². The van der Waals surface area contributed by atoms with E-state index in [1.54, 1.807) is 6.20 Å². The average Bonchev–Trinajstić information content (AvgIpc) is 3.59. The normalized spacial score (nSPS) is 15.1. The fraction of sp³-hybridized carbons (Fsp3) is 0.261. The number of H-pyrrole nitrogens is 2. The molecule has 154 valence electrons. The highest BCUT2D eigenvalue weighted by atomic mass is 16.5. The highest BCUT2D eigenvalue weighted by molar-refractivity contribution is 5.94. The first-order valence-corrected chi connectivity index (χ1v) is 10.5. The van der Waals surface area contributed by atoms with E-state index < -0.39 is 5.97 Å². The molecule has 31 heavy (non-hydrogen) atoms. The van der Waals surface area contributed by atoms with Crippen LogP contribution in [0.15, 0.2) is 42.6 Å². The van der Waals surface area contributed by atoms with Crippen molar-refractivity contribution in [2.24, 2.45) is 0 Å². The van der Waals surface area contributed by atoms with Crippen molar-refractivity contribution in [1.29, 1.82) is 0 Å². The fourth-order valence-electron chi connectivity index (χ4n) is 4.65. The molecule has 1 fully saturated rings. The molecule has 2 aromatic heterocycles. The number of hydrogen-bond acceptors (Lipinski definition) is 6. The molecule has 0 atom stereocenters. The van der Waals surface area contributed by atoms with Gasteiger partial charge in [0.15, 0.2) is 5.69 Å². The second-order valence-electron chi connectivity index (χ2n) is 8.11. The van der Waals surface area contributed by atoms with Crippen molar-refractivity contribution in [3.05, 3.63) is 59.4 Å². The summed E-state index contributed by atoms with van der Waals surface area (Å²) in [5.74, 6) is -0.406. The molecule has 0 radical (unpaired) electrons. The third-order valence-corrected chi connectivity index (χ3v) is 6.18. The van der Waals surface area contributed by atoms with Crippen LogP contribution in [0.3, 0.4) is 0 Å². The molecule has 1 saturated carbocycles. The molecule has 4 aromatic rings. The molecular weight excluding hydrogens is 392 g/mol. The Balaban J connectivity index is 1.30. The lowest BCUT2D eigenvalue weighted by atomic mass is 10.0. The summed E-state index contributed by atoms with van der Waals surface area (Å²) in [7, 11) is 0. The van der Waals surface area contributed by atoms with E-state index in [1.807, 2.05) is 6.07 Å². The van der Waals surface area contributed by atoms with Gasteiger partial charge in [-0.15, -0.1) is 5.10 Å². The zero-order valence-electron chi connectivity index (χ0n) is 16.8. The largest absolute Gasteiger partial charge is 0.458 e. The summed E-state index contributed by atoms with van der Waals surface area (Å²) < 4.78 is 5.63. The summed E-state index contributed by atoms with van der Waals surface area (Å²) in [6.07, 6.45) is 6.58. The van der Waals surface area contributed by atoms with Gasteiger partial charge in [-0.1, -0.05) is 24.3 Å². The van der Waals surface area contributed by atoms with Crippen LogP contribution in [0.5, 0.6) is 0 Å². The van der Waals surface area contributed by atoms with Crippen molar-refractivity contribution < 1.29 is 9.53 Å². The molecule has 6 rings (SSSR count). The number of carbonyl (C=O) groups excluding carboxylic acids is 1. The summed E-state index contributed by atoms with van der Waals surface area (Å²) in [5, 5.41) is 21.7. The first-order chi connectivity index (χ1) is 15.3. The number of rotatable bonds is 4. The fourth-order valence-corrected chi connectivity index (χ4v) is 4.65. The van der Waals surface area contributed by atoms with E-state index in [1.165, 1.54) is 22.3 Å². The molecule has 2 aromatic carbocycles. The minimum Gasteiger partial charge on any atom is -0.458 e. The number of nitrogens with one attached hydrogen (secondary N) is 2. The Labute approximate surface area is 178 Å². The van der Waals surface area contributed by atoms with Crippen LogP contribution in [-0.4, -0.2) is 42.9 Å². The zero-order chi connectivity index (χ0) is 20.8. The Hall–Kier alpha value is -3.81. The van der Waals surface area contributed by atoms with Gasteiger partial charge in [-0.2, -0.15) is 25.7 Å². The van der Waals surface area contributed by atoms with Gasteiger partial charge in [0.05, 0.1) is 6.20 Å². The maximum Gasteiger partial charge on any atom is 0.361 e. The molecule has 2 aliphatic rings. The zero-order valence-corrected chi connectivity index (χ0v) is 16.8. The molecule has 0 unspecified atom stereocenters. The smallest absolute Gasteiger partial charge is 0.361 e. The van der Waals surface area contributed by atoms with Crippen LogP contribution in [-0.2, 0) is 11.2 Å². The molecule has 0 spiro atoms. The Kier molecular flexibility index (Phi) is 4.15. The topological polar surface area (TPSA) is 109 Å². The third kappa shape index (κ3) is 3.11. The standard InChI is InChI=1S/C23H20N6O2/c30-23(31-17-3-1-2-4-17)22-21(26-29-27-22)14-6-8-19-16(10-14)11-15-9-13(5-7-18(15)19)20-12-24-28-25-20/h5-10,12,17H,1-4,11H2,(H,24,25,28)(H,26,27,29). The van der Waals surface area contributed by atoms with Crippen LogP contribution in [0.25, 0.3) is 33.6 Å². The predicted molar refractivity (Wildman–Crippen MR) is 113 cm³/mol. The van der Waals surface area contributed by atoms with Crippen LogP contribution in [0.1, 0.15) is 47.3 Å². The first-order valence-electron chi connectivity index (χ1n) is 10.5. The van der Waals surface area contributed by atoms with Crippen molar-refractivity contribution in [3.63, 3.8) is 0 Å². The molecule has 2 N–H and O–H groups in total. The van der Waals surface area contributed by atoms with Gasteiger partial charge in [-0.25, -0.2) is 4.79 Å². The third-order valence-electron chi connectivity index (χ3n) is 6.18. The molecule has 8 heteroatoms. The van der Waals surface area contributed by atoms with E-state index >= 15 is 0 Å². The number of ether oxygens (including phenoxy) is 1. The van der Waals surface area contributed by atoms with Gasteiger partial charge in [-0.05, 0) is 66.5 Å².